The number of fused-ring (bicyclic) bond motifs is 1. The summed E-state index contributed by atoms with van der Waals surface area (Å²) in [7, 11) is 0. The fourth-order valence-corrected chi connectivity index (χ4v) is 3.12. The van der Waals surface area contributed by atoms with Gasteiger partial charge in [-0.2, -0.15) is 0 Å². The SMILES string of the molecule is CCOCCn1cc(C2CCNCC2)c2ccncc21. The first-order valence-electron chi connectivity index (χ1n) is 7.61. The van der Waals surface area contributed by atoms with E-state index in [-0.39, 0.29) is 0 Å². The molecule has 1 aliphatic rings. The number of rotatable bonds is 5. The van der Waals surface area contributed by atoms with E-state index in [1.54, 1.807) is 0 Å². The predicted molar refractivity (Wildman–Crippen MR) is 81.1 cm³/mol. The van der Waals surface area contributed by atoms with Gasteiger partial charge in [-0.25, -0.2) is 0 Å². The third kappa shape index (κ3) is 2.72. The maximum absolute atomic E-state index is 5.49. The highest BCUT2D eigenvalue weighted by atomic mass is 16.5. The van der Waals surface area contributed by atoms with Crippen molar-refractivity contribution in [3.8, 4) is 0 Å². The van der Waals surface area contributed by atoms with Crippen LogP contribution in [0.1, 0.15) is 31.2 Å². The van der Waals surface area contributed by atoms with Crippen molar-refractivity contribution >= 4 is 10.9 Å². The number of ether oxygens (including phenoxy) is 1. The minimum atomic E-state index is 0.675. The molecule has 0 aliphatic carbocycles. The van der Waals surface area contributed by atoms with Crippen LogP contribution < -0.4 is 5.32 Å². The van der Waals surface area contributed by atoms with E-state index in [1.807, 2.05) is 19.3 Å². The van der Waals surface area contributed by atoms with E-state index in [4.69, 9.17) is 4.74 Å². The standard InChI is InChI=1S/C16H23N3O/c1-2-20-10-9-19-12-15(13-3-6-17-7-4-13)14-5-8-18-11-16(14)19/h5,8,11-13,17H,2-4,6-7,9-10H2,1H3. The number of aromatic nitrogens is 2. The molecule has 0 aromatic carbocycles. The molecule has 108 valence electrons. The highest BCUT2D eigenvalue weighted by Gasteiger charge is 2.19. The molecule has 3 rings (SSSR count). The van der Waals surface area contributed by atoms with Crippen molar-refractivity contribution in [2.24, 2.45) is 0 Å². The Bertz CT molecular complexity index is 558. The van der Waals surface area contributed by atoms with Crippen LogP contribution in [0.15, 0.2) is 24.7 Å². The van der Waals surface area contributed by atoms with E-state index in [1.165, 1.54) is 29.3 Å². The van der Waals surface area contributed by atoms with Crippen LogP contribution in [0.3, 0.4) is 0 Å². The van der Waals surface area contributed by atoms with Crippen molar-refractivity contribution in [2.45, 2.75) is 32.2 Å². The van der Waals surface area contributed by atoms with Gasteiger partial charge in [-0.3, -0.25) is 4.98 Å². The molecule has 2 aromatic rings. The predicted octanol–water partition coefficient (Wildman–Crippen LogP) is 2.54. The molecular formula is C16H23N3O. The van der Waals surface area contributed by atoms with Gasteiger partial charge in [0.1, 0.15) is 0 Å². The van der Waals surface area contributed by atoms with Crippen molar-refractivity contribution in [3.05, 3.63) is 30.2 Å². The maximum Gasteiger partial charge on any atom is 0.0670 e. The van der Waals surface area contributed by atoms with Gasteiger partial charge in [0, 0.05) is 30.9 Å². The lowest BCUT2D eigenvalue weighted by atomic mass is 9.90. The number of hydrogen-bond donors (Lipinski definition) is 1. The zero-order chi connectivity index (χ0) is 13.8. The third-order valence-electron chi connectivity index (χ3n) is 4.18. The molecular weight excluding hydrogens is 250 g/mol. The summed E-state index contributed by atoms with van der Waals surface area (Å²) in [5.41, 5.74) is 2.72. The first-order chi connectivity index (χ1) is 9.90. The summed E-state index contributed by atoms with van der Waals surface area (Å²) in [6, 6.07) is 2.16. The molecule has 1 saturated heterocycles. The fraction of sp³-hybridized carbons (Fsp3) is 0.562. The minimum Gasteiger partial charge on any atom is -0.380 e. The number of piperidine rings is 1. The Balaban J connectivity index is 1.91. The van der Waals surface area contributed by atoms with Crippen LogP contribution in [-0.4, -0.2) is 35.9 Å². The molecule has 20 heavy (non-hydrogen) atoms. The van der Waals surface area contributed by atoms with Crippen LogP contribution in [0.25, 0.3) is 10.9 Å². The lowest BCUT2D eigenvalue weighted by Gasteiger charge is -2.22. The molecule has 0 spiro atoms. The van der Waals surface area contributed by atoms with Crippen LogP contribution in [0.5, 0.6) is 0 Å². The van der Waals surface area contributed by atoms with Gasteiger partial charge in [-0.05, 0) is 50.4 Å². The normalized spacial score (nSPS) is 16.9. The first kappa shape index (κ1) is 13.6. The second-order valence-electron chi connectivity index (χ2n) is 5.39. The molecule has 1 aliphatic heterocycles. The molecule has 0 amide bonds. The van der Waals surface area contributed by atoms with Crippen LogP contribution in [0.4, 0.5) is 0 Å². The van der Waals surface area contributed by atoms with Gasteiger partial charge >= 0.3 is 0 Å². The second kappa shape index (κ2) is 6.37. The monoisotopic (exact) mass is 273 g/mol. The number of nitrogens with zero attached hydrogens (tertiary/aromatic N) is 2. The molecule has 2 aromatic heterocycles. The van der Waals surface area contributed by atoms with Crippen molar-refractivity contribution in [1.29, 1.82) is 0 Å². The third-order valence-corrected chi connectivity index (χ3v) is 4.18. The van der Waals surface area contributed by atoms with Gasteiger partial charge in [0.05, 0.1) is 18.3 Å². The van der Waals surface area contributed by atoms with E-state index < -0.39 is 0 Å². The fourth-order valence-electron chi connectivity index (χ4n) is 3.12. The van der Waals surface area contributed by atoms with Gasteiger partial charge in [-0.1, -0.05) is 0 Å². The number of hydrogen-bond acceptors (Lipinski definition) is 3. The summed E-state index contributed by atoms with van der Waals surface area (Å²) in [4.78, 5) is 4.29. The topological polar surface area (TPSA) is 39.1 Å². The lowest BCUT2D eigenvalue weighted by molar-refractivity contribution is 0.140. The van der Waals surface area contributed by atoms with Crippen LogP contribution in [0, 0.1) is 0 Å². The van der Waals surface area contributed by atoms with E-state index >= 15 is 0 Å². The van der Waals surface area contributed by atoms with Crippen molar-refractivity contribution in [2.75, 3.05) is 26.3 Å². The summed E-state index contributed by atoms with van der Waals surface area (Å²) in [5, 5.41) is 4.81. The van der Waals surface area contributed by atoms with Gasteiger partial charge in [0.2, 0.25) is 0 Å². The molecule has 0 saturated carbocycles. The van der Waals surface area contributed by atoms with Gasteiger partial charge in [0.25, 0.3) is 0 Å². The highest BCUT2D eigenvalue weighted by molar-refractivity contribution is 5.83. The maximum atomic E-state index is 5.49. The zero-order valence-electron chi connectivity index (χ0n) is 12.1. The van der Waals surface area contributed by atoms with Crippen LogP contribution in [-0.2, 0) is 11.3 Å². The summed E-state index contributed by atoms with van der Waals surface area (Å²) >= 11 is 0. The molecule has 4 heteroatoms. The summed E-state index contributed by atoms with van der Waals surface area (Å²) in [5.74, 6) is 0.675. The second-order valence-corrected chi connectivity index (χ2v) is 5.39. The molecule has 0 radical (unpaired) electrons. The van der Waals surface area contributed by atoms with E-state index in [0.29, 0.717) is 5.92 Å². The van der Waals surface area contributed by atoms with Gasteiger partial charge in [0.15, 0.2) is 0 Å². The summed E-state index contributed by atoms with van der Waals surface area (Å²) in [6.07, 6.45) is 8.66. The lowest BCUT2D eigenvalue weighted by Crippen LogP contribution is -2.26. The number of pyridine rings is 1. The number of nitrogens with one attached hydrogen (secondary N) is 1. The van der Waals surface area contributed by atoms with E-state index in [2.05, 4.69) is 27.1 Å². The largest absolute Gasteiger partial charge is 0.380 e. The Morgan fingerprint density at radius 3 is 3.05 bits per heavy atom. The average molecular weight is 273 g/mol. The Morgan fingerprint density at radius 2 is 2.25 bits per heavy atom. The molecule has 1 fully saturated rings. The Morgan fingerprint density at radius 1 is 1.40 bits per heavy atom. The van der Waals surface area contributed by atoms with Crippen molar-refractivity contribution < 1.29 is 4.74 Å². The molecule has 0 atom stereocenters. The van der Waals surface area contributed by atoms with E-state index in [0.717, 1.165) is 32.8 Å². The Hall–Kier alpha value is -1.39. The zero-order valence-corrected chi connectivity index (χ0v) is 12.1. The van der Waals surface area contributed by atoms with Gasteiger partial charge < -0.3 is 14.6 Å². The Kier molecular flexibility index (Phi) is 4.33. The highest BCUT2D eigenvalue weighted by Crippen LogP contribution is 2.32. The molecule has 4 nitrogen and oxygen atoms in total. The quantitative estimate of drug-likeness (QED) is 0.851. The Labute approximate surface area is 120 Å². The van der Waals surface area contributed by atoms with Crippen LogP contribution >= 0.6 is 0 Å². The van der Waals surface area contributed by atoms with Crippen LogP contribution in [0.2, 0.25) is 0 Å². The molecule has 0 bridgehead atoms. The summed E-state index contributed by atoms with van der Waals surface area (Å²) < 4.78 is 7.79. The molecule has 0 unspecified atom stereocenters. The molecule has 1 N–H and O–H groups in total. The first-order valence-corrected chi connectivity index (χ1v) is 7.61. The smallest absolute Gasteiger partial charge is 0.0670 e. The van der Waals surface area contributed by atoms with E-state index in [9.17, 15) is 0 Å². The molecule has 3 heterocycles. The van der Waals surface area contributed by atoms with Crippen molar-refractivity contribution in [1.82, 2.24) is 14.9 Å². The van der Waals surface area contributed by atoms with Gasteiger partial charge in [-0.15, -0.1) is 0 Å². The minimum absolute atomic E-state index is 0.675. The average Bonchev–Trinajstić information content (AvgIpc) is 2.88. The summed E-state index contributed by atoms with van der Waals surface area (Å²) in [6.45, 7) is 6.74. The van der Waals surface area contributed by atoms with Crippen molar-refractivity contribution in [3.63, 3.8) is 0 Å².